The molecule has 0 aliphatic carbocycles. The number of amides is 1. The number of rotatable bonds is 5. The third-order valence-corrected chi connectivity index (χ3v) is 2.05. The lowest BCUT2D eigenvalue weighted by atomic mass is 10.3. The van der Waals surface area contributed by atoms with Crippen molar-refractivity contribution in [3.8, 4) is 0 Å². The topological polar surface area (TPSA) is 70.7 Å². The number of nitrogens with zero attached hydrogens (tertiary/aromatic N) is 2. The summed E-state index contributed by atoms with van der Waals surface area (Å²) in [6, 6.07) is 0. The van der Waals surface area contributed by atoms with Gasteiger partial charge in [0.15, 0.2) is 5.69 Å². The van der Waals surface area contributed by atoms with Gasteiger partial charge in [0.2, 0.25) is 0 Å². The quantitative estimate of drug-likeness (QED) is 0.594. The molecule has 5 nitrogen and oxygen atoms in total. The molecule has 1 rings (SSSR count). The molecule has 2 N–H and O–H groups in total. The van der Waals surface area contributed by atoms with E-state index in [1.54, 1.807) is 0 Å². The molecule has 6 heteroatoms. The zero-order chi connectivity index (χ0) is 9.52. The molecule has 0 saturated heterocycles. The minimum Gasteiger partial charge on any atom is -0.351 e. The van der Waals surface area contributed by atoms with Gasteiger partial charge in [-0.25, -0.2) is 0 Å². The standard InChI is InChI=1S/C7H11BrN4O/c8-3-1-2-4-9-7(13)6-5-10-12-11-6/h5H,1-4H2,(H,9,13)(H,10,11,12). The van der Waals surface area contributed by atoms with Gasteiger partial charge < -0.3 is 5.32 Å². The van der Waals surface area contributed by atoms with Crippen LogP contribution in [0.15, 0.2) is 6.20 Å². The summed E-state index contributed by atoms with van der Waals surface area (Å²) in [6.07, 6.45) is 3.42. The number of aromatic nitrogens is 3. The fraction of sp³-hybridized carbons (Fsp3) is 0.571. The first-order valence-electron chi connectivity index (χ1n) is 4.04. The molecular formula is C7H11BrN4O. The Morgan fingerprint density at radius 1 is 1.62 bits per heavy atom. The highest BCUT2D eigenvalue weighted by Gasteiger charge is 2.06. The summed E-state index contributed by atoms with van der Waals surface area (Å²) in [5, 5.41) is 13.3. The summed E-state index contributed by atoms with van der Waals surface area (Å²) in [4.78, 5) is 11.2. The maximum absolute atomic E-state index is 11.2. The maximum atomic E-state index is 11.2. The molecule has 13 heavy (non-hydrogen) atoms. The molecule has 0 fully saturated rings. The summed E-state index contributed by atoms with van der Waals surface area (Å²) in [7, 11) is 0. The molecule has 0 bridgehead atoms. The van der Waals surface area contributed by atoms with Crippen LogP contribution in [0, 0.1) is 0 Å². The van der Waals surface area contributed by atoms with Crippen molar-refractivity contribution in [3.63, 3.8) is 0 Å². The van der Waals surface area contributed by atoms with E-state index in [1.165, 1.54) is 6.20 Å². The van der Waals surface area contributed by atoms with Gasteiger partial charge in [0.1, 0.15) is 0 Å². The average Bonchev–Trinajstić information content (AvgIpc) is 2.65. The first-order valence-corrected chi connectivity index (χ1v) is 5.16. The number of H-pyrrole nitrogens is 1. The Morgan fingerprint density at radius 2 is 2.46 bits per heavy atom. The van der Waals surface area contributed by atoms with E-state index < -0.39 is 0 Å². The van der Waals surface area contributed by atoms with Gasteiger partial charge in [0, 0.05) is 11.9 Å². The van der Waals surface area contributed by atoms with E-state index in [0.29, 0.717) is 12.2 Å². The number of carbonyl (C=O) groups excluding carboxylic acids is 1. The normalized spacial score (nSPS) is 9.92. The number of halogens is 1. The molecule has 1 amide bonds. The molecule has 72 valence electrons. The second-order valence-corrected chi connectivity index (χ2v) is 3.30. The van der Waals surface area contributed by atoms with Gasteiger partial charge in [-0.2, -0.15) is 15.4 Å². The number of carbonyl (C=O) groups is 1. The Kier molecular flexibility index (Phi) is 4.45. The predicted molar refractivity (Wildman–Crippen MR) is 51.7 cm³/mol. The Hall–Kier alpha value is -0.910. The molecule has 0 aliphatic rings. The molecule has 0 aromatic carbocycles. The van der Waals surface area contributed by atoms with Crippen molar-refractivity contribution < 1.29 is 4.79 Å². The third-order valence-electron chi connectivity index (χ3n) is 1.49. The fourth-order valence-corrected chi connectivity index (χ4v) is 1.22. The monoisotopic (exact) mass is 246 g/mol. The van der Waals surface area contributed by atoms with Crippen LogP contribution >= 0.6 is 15.9 Å². The molecule has 0 spiro atoms. The molecule has 0 atom stereocenters. The van der Waals surface area contributed by atoms with E-state index in [0.717, 1.165) is 18.2 Å². The molecule has 1 heterocycles. The fourth-order valence-electron chi connectivity index (χ4n) is 0.823. The molecule has 1 aromatic heterocycles. The summed E-state index contributed by atoms with van der Waals surface area (Å²) in [5.41, 5.74) is 0.332. The lowest BCUT2D eigenvalue weighted by molar-refractivity contribution is 0.0948. The highest BCUT2D eigenvalue weighted by atomic mass is 79.9. The van der Waals surface area contributed by atoms with Crippen molar-refractivity contribution in [1.82, 2.24) is 20.7 Å². The second-order valence-electron chi connectivity index (χ2n) is 2.51. The molecule has 0 unspecified atom stereocenters. The van der Waals surface area contributed by atoms with Gasteiger partial charge in [0.05, 0.1) is 6.20 Å². The van der Waals surface area contributed by atoms with Crippen LogP contribution in [0.25, 0.3) is 0 Å². The average molecular weight is 247 g/mol. The van der Waals surface area contributed by atoms with Gasteiger partial charge >= 0.3 is 0 Å². The Labute approximate surface area is 84.4 Å². The highest BCUT2D eigenvalue weighted by molar-refractivity contribution is 9.09. The Balaban J connectivity index is 2.19. The number of unbranched alkanes of at least 4 members (excludes halogenated alkanes) is 1. The van der Waals surface area contributed by atoms with Gasteiger partial charge in [-0.15, -0.1) is 0 Å². The minimum absolute atomic E-state index is 0.177. The van der Waals surface area contributed by atoms with Crippen LogP contribution < -0.4 is 5.32 Å². The van der Waals surface area contributed by atoms with Gasteiger partial charge in [-0.1, -0.05) is 15.9 Å². The third kappa shape index (κ3) is 3.54. The number of aromatic amines is 1. The molecular weight excluding hydrogens is 236 g/mol. The SMILES string of the molecule is O=C(NCCCCBr)c1cn[nH]n1. The lowest BCUT2D eigenvalue weighted by Crippen LogP contribution is -2.24. The molecule has 1 aromatic rings. The van der Waals surface area contributed by atoms with Crippen LogP contribution in [0.4, 0.5) is 0 Å². The summed E-state index contributed by atoms with van der Waals surface area (Å²) in [5.74, 6) is -0.177. The van der Waals surface area contributed by atoms with E-state index in [9.17, 15) is 4.79 Å². The Morgan fingerprint density at radius 3 is 3.08 bits per heavy atom. The second kappa shape index (κ2) is 5.69. The van der Waals surface area contributed by atoms with Crippen LogP contribution in [-0.2, 0) is 0 Å². The van der Waals surface area contributed by atoms with Crippen LogP contribution in [0.3, 0.4) is 0 Å². The molecule has 0 radical (unpaired) electrons. The highest BCUT2D eigenvalue weighted by Crippen LogP contribution is 1.93. The first kappa shape index (κ1) is 10.2. The number of hydrogen-bond donors (Lipinski definition) is 2. The van der Waals surface area contributed by atoms with Crippen LogP contribution in [0.5, 0.6) is 0 Å². The lowest BCUT2D eigenvalue weighted by Gasteiger charge is -2.00. The Bertz CT molecular complexity index is 249. The van der Waals surface area contributed by atoms with E-state index >= 15 is 0 Å². The number of alkyl halides is 1. The van der Waals surface area contributed by atoms with E-state index in [-0.39, 0.29) is 5.91 Å². The van der Waals surface area contributed by atoms with Crippen molar-refractivity contribution in [2.75, 3.05) is 11.9 Å². The van der Waals surface area contributed by atoms with Gasteiger partial charge in [0.25, 0.3) is 5.91 Å². The van der Waals surface area contributed by atoms with E-state index in [4.69, 9.17) is 0 Å². The van der Waals surface area contributed by atoms with Crippen LogP contribution in [0.2, 0.25) is 0 Å². The number of hydrogen-bond acceptors (Lipinski definition) is 3. The van der Waals surface area contributed by atoms with Crippen molar-refractivity contribution in [2.24, 2.45) is 0 Å². The zero-order valence-electron chi connectivity index (χ0n) is 7.09. The summed E-state index contributed by atoms with van der Waals surface area (Å²) >= 11 is 3.32. The number of nitrogens with one attached hydrogen (secondary N) is 2. The first-order chi connectivity index (χ1) is 6.34. The predicted octanol–water partition coefficient (Wildman–Crippen LogP) is 0.710. The zero-order valence-corrected chi connectivity index (χ0v) is 8.67. The van der Waals surface area contributed by atoms with Crippen molar-refractivity contribution >= 4 is 21.8 Å². The summed E-state index contributed by atoms with van der Waals surface area (Å²) in [6.45, 7) is 0.678. The van der Waals surface area contributed by atoms with Crippen molar-refractivity contribution in [3.05, 3.63) is 11.9 Å². The van der Waals surface area contributed by atoms with Gasteiger partial charge in [-0.3, -0.25) is 4.79 Å². The molecule has 0 aliphatic heterocycles. The van der Waals surface area contributed by atoms with Crippen LogP contribution in [0.1, 0.15) is 23.3 Å². The van der Waals surface area contributed by atoms with Crippen LogP contribution in [-0.4, -0.2) is 33.2 Å². The molecule has 0 saturated carbocycles. The van der Waals surface area contributed by atoms with Crippen molar-refractivity contribution in [1.29, 1.82) is 0 Å². The smallest absolute Gasteiger partial charge is 0.273 e. The largest absolute Gasteiger partial charge is 0.351 e. The minimum atomic E-state index is -0.177. The summed E-state index contributed by atoms with van der Waals surface area (Å²) < 4.78 is 0. The van der Waals surface area contributed by atoms with E-state index in [1.807, 2.05) is 0 Å². The van der Waals surface area contributed by atoms with Crippen molar-refractivity contribution in [2.45, 2.75) is 12.8 Å². The maximum Gasteiger partial charge on any atom is 0.273 e. The van der Waals surface area contributed by atoms with Gasteiger partial charge in [-0.05, 0) is 12.8 Å². The van der Waals surface area contributed by atoms with E-state index in [2.05, 4.69) is 36.7 Å².